The van der Waals surface area contributed by atoms with Crippen LogP contribution in [0.1, 0.15) is 18.4 Å². The lowest BCUT2D eigenvalue weighted by molar-refractivity contribution is -0.128. The van der Waals surface area contributed by atoms with Crippen LogP contribution in [0.2, 0.25) is 0 Å². The first-order valence-electron chi connectivity index (χ1n) is 11.4. The second kappa shape index (κ2) is 10.1. The number of benzene rings is 2. The van der Waals surface area contributed by atoms with Crippen molar-refractivity contribution >= 4 is 33.2 Å². The molecule has 34 heavy (non-hydrogen) atoms. The number of nitrogens with two attached hydrogens (primary N) is 1. The van der Waals surface area contributed by atoms with Crippen molar-refractivity contribution in [2.45, 2.75) is 30.2 Å². The Morgan fingerprint density at radius 2 is 1.76 bits per heavy atom. The van der Waals surface area contributed by atoms with E-state index >= 15 is 0 Å². The van der Waals surface area contributed by atoms with Crippen molar-refractivity contribution in [3.8, 4) is 0 Å². The molecule has 9 nitrogen and oxygen atoms in total. The molecular formula is C24H30N4O5S. The predicted molar refractivity (Wildman–Crippen MR) is 129 cm³/mol. The van der Waals surface area contributed by atoms with E-state index in [1.165, 1.54) is 16.4 Å². The highest BCUT2D eigenvalue weighted by Gasteiger charge is 2.42. The molecule has 0 radical (unpaired) electrons. The number of rotatable bonds is 7. The molecule has 0 bridgehead atoms. The number of para-hydroxylation sites is 1. The standard InChI is InChI=1S/C24H30N4O5S/c1-33-15-12-26-23(29)22-16-18-4-2-3-5-21(18)28(22)24(30)17-10-13-27(14-11-17)34(31,32)20-8-6-19(25)7-9-20/h2-9,17,22H,10-16,25H2,1H3,(H,26,29)/t22-/m0/s1. The fourth-order valence-electron chi connectivity index (χ4n) is 4.59. The molecule has 2 aromatic carbocycles. The van der Waals surface area contributed by atoms with Gasteiger partial charge in [0.25, 0.3) is 0 Å². The van der Waals surface area contributed by atoms with Gasteiger partial charge in [-0.15, -0.1) is 0 Å². The van der Waals surface area contributed by atoms with Crippen LogP contribution in [0.25, 0.3) is 0 Å². The average Bonchev–Trinajstić information content (AvgIpc) is 3.24. The van der Waals surface area contributed by atoms with Gasteiger partial charge >= 0.3 is 0 Å². The summed E-state index contributed by atoms with van der Waals surface area (Å²) in [4.78, 5) is 28.3. The zero-order valence-corrected chi connectivity index (χ0v) is 20.0. The minimum Gasteiger partial charge on any atom is -0.399 e. The van der Waals surface area contributed by atoms with Gasteiger partial charge < -0.3 is 15.8 Å². The highest BCUT2D eigenvalue weighted by Crippen LogP contribution is 2.35. The molecule has 2 aromatic rings. The molecule has 4 rings (SSSR count). The number of nitrogens with one attached hydrogen (secondary N) is 1. The highest BCUT2D eigenvalue weighted by molar-refractivity contribution is 7.89. The van der Waals surface area contributed by atoms with Gasteiger partial charge in [-0.25, -0.2) is 8.42 Å². The summed E-state index contributed by atoms with van der Waals surface area (Å²) >= 11 is 0. The number of nitrogen functional groups attached to an aromatic ring is 1. The monoisotopic (exact) mass is 486 g/mol. The van der Waals surface area contributed by atoms with Gasteiger partial charge in [0.15, 0.2) is 0 Å². The minimum absolute atomic E-state index is 0.138. The Balaban J connectivity index is 1.47. The van der Waals surface area contributed by atoms with Crippen LogP contribution < -0.4 is 16.0 Å². The van der Waals surface area contributed by atoms with Crippen LogP contribution in [0.15, 0.2) is 53.4 Å². The van der Waals surface area contributed by atoms with Crippen molar-refractivity contribution in [2.75, 3.05) is 44.0 Å². The van der Waals surface area contributed by atoms with Crippen LogP contribution in [0.3, 0.4) is 0 Å². The van der Waals surface area contributed by atoms with Gasteiger partial charge in [-0.2, -0.15) is 4.31 Å². The number of methoxy groups -OCH3 is 1. The van der Waals surface area contributed by atoms with Gasteiger partial charge in [-0.1, -0.05) is 18.2 Å². The maximum atomic E-state index is 13.6. The van der Waals surface area contributed by atoms with Crippen LogP contribution in [0.4, 0.5) is 11.4 Å². The molecule has 2 aliphatic heterocycles. The van der Waals surface area contributed by atoms with Crippen molar-refractivity contribution in [2.24, 2.45) is 5.92 Å². The summed E-state index contributed by atoms with van der Waals surface area (Å²) < 4.78 is 32.4. The topological polar surface area (TPSA) is 122 Å². The molecule has 1 saturated heterocycles. The Labute approximate surface area is 199 Å². The number of fused-ring (bicyclic) bond motifs is 1. The number of carbonyl (C=O) groups excluding carboxylic acids is 2. The Bertz CT molecular complexity index is 1140. The van der Waals surface area contributed by atoms with Gasteiger partial charge in [-0.05, 0) is 48.7 Å². The molecule has 1 atom stereocenters. The summed E-state index contributed by atoms with van der Waals surface area (Å²) in [5, 5.41) is 2.84. The first kappa shape index (κ1) is 24.2. The van der Waals surface area contributed by atoms with Gasteiger partial charge in [0, 0.05) is 50.5 Å². The van der Waals surface area contributed by atoms with Crippen molar-refractivity contribution in [1.29, 1.82) is 0 Å². The zero-order chi connectivity index (χ0) is 24.3. The molecule has 182 valence electrons. The third-order valence-electron chi connectivity index (χ3n) is 6.44. The van der Waals surface area contributed by atoms with E-state index in [4.69, 9.17) is 10.5 Å². The van der Waals surface area contributed by atoms with Crippen molar-refractivity contribution in [3.63, 3.8) is 0 Å². The number of ether oxygens (including phenoxy) is 1. The third kappa shape index (κ3) is 4.79. The van der Waals surface area contributed by atoms with Crippen molar-refractivity contribution < 1.29 is 22.7 Å². The van der Waals surface area contributed by atoms with E-state index in [2.05, 4.69) is 5.32 Å². The summed E-state index contributed by atoms with van der Waals surface area (Å²) in [6, 6.07) is 13.0. The second-order valence-corrected chi connectivity index (χ2v) is 10.5. The number of carbonyl (C=O) groups is 2. The summed E-state index contributed by atoms with van der Waals surface area (Å²) in [6.07, 6.45) is 1.23. The van der Waals surface area contributed by atoms with Crippen molar-refractivity contribution in [3.05, 3.63) is 54.1 Å². The Hall–Kier alpha value is -2.95. The Morgan fingerprint density at radius 1 is 1.09 bits per heavy atom. The Kier molecular flexibility index (Phi) is 7.20. The van der Waals surface area contributed by atoms with Crippen LogP contribution in [-0.4, -0.2) is 63.9 Å². The van der Waals surface area contributed by atoms with Gasteiger partial charge in [0.05, 0.1) is 11.5 Å². The molecule has 3 N–H and O–H groups in total. The molecule has 2 heterocycles. The lowest BCUT2D eigenvalue weighted by atomic mass is 9.96. The molecule has 1 fully saturated rings. The van der Waals surface area contributed by atoms with Crippen LogP contribution in [0, 0.1) is 5.92 Å². The third-order valence-corrected chi connectivity index (χ3v) is 8.36. The second-order valence-electron chi connectivity index (χ2n) is 8.59. The van der Waals surface area contributed by atoms with Gasteiger partial charge in [0.2, 0.25) is 21.8 Å². The number of nitrogens with zero attached hydrogens (tertiary/aromatic N) is 2. The fourth-order valence-corrected chi connectivity index (χ4v) is 6.06. The molecule has 10 heteroatoms. The summed E-state index contributed by atoms with van der Waals surface area (Å²) in [6.45, 7) is 1.23. The highest BCUT2D eigenvalue weighted by atomic mass is 32.2. The SMILES string of the molecule is COCCNC(=O)[C@@H]1Cc2ccccc2N1C(=O)C1CCN(S(=O)(=O)c2ccc(N)cc2)CC1. The maximum Gasteiger partial charge on any atom is 0.243 e. The number of hydrogen-bond donors (Lipinski definition) is 2. The van der Waals surface area contributed by atoms with Crippen LogP contribution in [0.5, 0.6) is 0 Å². The number of sulfonamides is 1. The van der Waals surface area contributed by atoms with E-state index in [-0.39, 0.29) is 35.7 Å². The van der Waals surface area contributed by atoms with E-state index in [1.807, 2.05) is 24.3 Å². The molecule has 0 saturated carbocycles. The fraction of sp³-hybridized carbons (Fsp3) is 0.417. The largest absolute Gasteiger partial charge is 0.399 e. The molecule has 2 amide bonds. The smallest absolute Gasteiger partial charge is 0.243 e. The van der Waals surface area contributed by atoms with Gasteiger partial charge in [0.1, 0.15) is 6.04 Å². The lowest BCUT2D eigenvalue weighted by Gasteiger charge is -2.34. The number of hydrogen-bond acceptors (Lipinski definition) is 6. The summed E-state index contributed by atoms with van der Waals surface area (Å²) in [5.74, 6) is -0.718. The van der Waals surface area contributed by atoms with Gasteiger partial charge in [-0.3, -0.25) is 14.5 Å². The maximum absolute atomic E-state index is 13.6. The van der Waals surface area contributed by atoms with E-state index in [9.17, 15) is 18.0 Å². The van der Waals surface area contributed by atoms with Crippen molar-refractivity contribution in [1.82, 2.24) is 9.62 Å². The van der Waals surface area contributed by atoms with Crippen LogP contribution >= 0.6 is 0 Å². The summed E-state index contributed by atoms with van der Waals surface area (Å²) in [7, 11) is -2.09. The molecule has 0 unspecified atom stereocenters. The number of anilines is 2. The normalized spacial score (nSPS) is 19.1. The molecule has 0 spiro atoms. The quantitative estimate of drug-likeness (QED) is 0.451. The van der Waals surface area contributed by atoms with E-state index in [0.717, 1.165) is 11.3 Å². The first-order valence-corrected chi connectivity index (χ1v) is 12.8. The molecule has 2 aliphatic rings. The molecule has 0 aromatic heterocycles. The molecule has 0 aliphatic carbocycles. The molecular weight excluding hydrogens is 456 g/mol. The predicted octanol–water partition coefficient (Wildman–Crippen LogP) is 1.39. The first-order chi connectivity index (χ1) is 16.3. The Morgan fingerprint density at radius 3 is 2.44 bits per heavy atom. The number of piperidine rings is 1. The lowest BCUT2D eigenvalue weighted by Crippen LogP contribution is -2.52. The van der Waals surface area contributed by atoms with E-state index in [1.54, 1.807) is 24.1 Å². The van der Waals surface area contributed by atoms with E-state index in [0.29, 0.717) is 38.1 Å². The average molecular weight is 487 g/mol. The van der Waals surface area contributed by atoms with Crippen LogP contribution in [-0.2, 0) is 30.8 Å². The zero-order valence-electron chi connectivity index (χ0n) is 19.1. The van der Waals surface area contributed by atoms with E-state index < -0.39 is 16.1 Å². The minimum atomic E-state index is -3.66. The summed E-state index contributed by atoms with van der Waals surface area (Å²) in [5.41, 5.74) is 7.87. The number of amides is 2.